The first-order chi connectivity index (χ1) is 11.1. The Balaban J connectivity index is 1.44. The molecule has 2 fully saturated rings. The highest BCUT2D eigenvalue weighted by molar-refractivity contribution is 5.88. The molecule has 1 saturated heterocycles. The van der Waals surface area contributed by atoms with Gasteiger partial charge in [-0.1, -0.05) is 0 Å². The molecule has 1 atom stereocenters. The van der Waals surface area contributed by atoms with E-state index in [1.165, 1.54) is 19.3 Å². The average Bonchev–Trinajstić information content (AvgIpc) is 2.52. The Morgan fingerprint density at radius 2 is 2.13 bits per heavy atom. The standard InChI is InChI=1S/C16H25N5O2/c1-21(2)14-17-10-13(11-18-14)20-15(22)19-9-12-4-7-23-16(8-12)5-3-6-16/h10-12H,3-9H2,1-2H3,(H2,19,20,22)/t12-/m1/s1. The van der Waals surface area contributed by atoms with Gasteiger partial charge in [0.2, 0.25) is 5.95 Å². The van der Waals surface area contributed by atoms with Crippen LogP contribution in [0.2, 0.25) is 0 Å². The molecule has 0 aromatic carbocycles. The number of nitrogens with one attached hydrogen (secondary N) is 2. The van der Waals surface area contributed by atoms with Gasteiger partial charge in [-0.05, 0) is 38.0 Å². The van der Waals surface area contributed by atoms with Crippen LogP contribution in [0, 0.1) is 5.92 Å². The number of amides is 2. The molecule has 7 heteroatoms. The highest BCUT2D eigenvalue weighted by Crippen LogP contribution is 2.43. The van der Waals surface area contributed by atoms with Crippen molar-refractivity contribution in [2.24, 2.45) is 5.92 Å². The third-order valence-electron chi connectivity index (χ3n) is 4.71. The van der Waals surface area contributed by atoms with Crippen LogP contribution in [0.25, 0.3) is 0 Å². The van der Waals surface area contributed by atoms with Crippen LogP contribution in [0.5, 0.6) is 0 Å². The first-order valence-electron chi connectivity index (χ1n) is 8.24. The largest absolute Gasteiger partial charge is 0.375 e. The number of hydrogen-bond acceptors (Lipinski definition) is 5. The molecule has 2 N–H and O–H groups in total. The normalized spacial score (nSPS) is 22.3. The summed E-state index contributed by atoms with van der Waals surface area (Å²) in [5.74, 6) is 1.12. The van der Waals surface area contributed by atoms with E-state index in [1.54, 1.807) is 12.4 Å². The molecule has 7 nitrogen and oxygen atoms in total. The number of carbonyl (C=O) groups is 1. The van der Waals surface area contributed by atoms with E-state index < -0.39 is 0 Å². The van der Waals surface area contributed by atoms with Gasteiger partial charge in [0, 0.05) is 27.2 Å². The maximum Gasteiger partial charge on any atom is 0.319 e. The number of anilines is 2. The number of urea groups is 1. The Kier molecular flexibility index (Phi) is 4.66. The Morgan fingerprint density at radius 3 is 2.74 bits per heavy atom. The van der Waals surface area contributed by atoms with Crippen LogP contribution < -0.4 is 15.5 Å². The van der Waals surface area contributed by atoms with E-state index in [1.807, 2.05) is 19.0 Å². The summed E-state index contributed by atoms with van der Waals surface area (Å²) in [6, 6.07) is -0.208. The zero-order valence-electron chi connectivity index (χ0n) is 13.8. The van der Waals surface area contributed by atoms with Crippen molar-refractivity contribution in [3.63, 3.8) is 0 Å². The van der Waals surface area contributed by atoms with Crippen molar-refractivity contribution in [2.45, 2.75) is 37.7 Å². The number of aromatic nitrogens is 2. The third-order valence-corrected chi connectivity index (χ3v) is 4.71. The van der Waals surface area contributed by atoms with E-state index in [0.29, 0.717) is 24.1 Å². The fraction of sp³-hybridized carbons (Fsp3) is 0.688. The molecule has 2 heterocycles. The summed E-state index contributed by atoms with van der Waals surface area (Å²) in [6.45, 7) is 1.50. The minimum Gasteiger partial charge on any atom is -0.375 e. The highest BCUT2D eigenvalue weighted by Gasteiger charge is 2.42. The lowest BCUT2D eigenvalue weighted by atomic mass is 9.72. The van der Waals surface area contributed by atoms with E-state index in [-0.39, 0.29) is 11.6 Å². The van der Waals surface area contributed by atoms with Crippen LogP contribution in [0.4, 0.5) is 16.4 Å². The van der Waals surface area contributed by atoms with E-state index >= 15 is 0 Å². The molecule has 126 valence electrons. The van der Waals surface area contributed by atoms with Crippen molar-refractivity contribution in [1.82, 2.24) is 15.3 Å². The van der Waals surface area contributed by atoms with Gasteiger partial charge in [0.25, 0.3) is 0 Å². The molecule has 0 radical (unpaired) electrons. The van der Waals surface area contributed by atoms with Crippen LogP contribution in [0.3, 0.4) is 0 Å². The molecule has 1 aromatic rings. The smallest absolute Gasteiger partial charge is 0.319 e. The predicted molar refractivity (Wildman–Crippen MR) is 88.6 cm³/mol. The van der Waals surface area contributed by atoms with Gasteiger partial charge in [0.1, 0.15) is 0 Å². The zero-order valence-corrected chi connectivity index (χ0v) is 13.8. The third kappa shape index (κ3) is 3.90. The minimum atomic E-state index is -0.208. The zero-order chi connectivity index (χ0) is 16.3. The van der Waals surface area contributed by atoms with Gasteiger partial charge in [0.15, 0.2) is 0 Å². The summed E-state index contributed by atoms with van der Waals surface area (Å²) in [4.78, 5) is 22.2. The highest BCUT2D eigenvalue weighted by atomic mass is 16.5. The van der Waals surface area contributed by atoms with Crippen LogP contribution >= 0.6 is 0 Å². The summed E-state index contributed by atoms with van der Waals surface area (Å²) < 4.78 is 5.92. The van der Waals surface area contributed by atoms with Gasteiger partial charge in [0.05, 0.1) is 23.7 Å². The lowest BCUT2D eigenvalue weighted by Crippen LogP contribution is -2.47. The van der Waals surface area contributed by atoms with Crippen LogP contribution in [0.1, 0.15) is 32.1 Å². The average molecular weight is 319 g/mol. The number of nitrogens with zero attached hydrogens (tertiary/aromatic N) is 3. The molecule has 0 unspecified atom stereocenters. The summed E-state index contributed by atoms with van der Waals surface area (Å²) >= 11 is 0. The number of ether oxygens (including phenoxy) is 1. The van der Waals surface area contributed by atoms with Crippen molar-refractivity contribution in [1.29, 1.82) is 0 Å². The molecule has 1 spiro atoms. The monoisotopic (exact) mass is 319 g/mol. The molecule has 1 aliphatic carbocycles. The Bertz CT molecular complexity index is 542. The van der Waals surface area contributed by atoms with Gasteiger partial charge in [-0.15, -0.1) is 0 Å². The maximum atomic E-state index is 12.0. The first-order valence-corrected chi connectivity index (χ1v) is 8.24. The van der Waals surface area contributed by atoms with E-state index in [2.05, 4.69) is 20.6 Å². The topological polar surface area (TPSA) is 79.4 Å². The second-order valence-corrected chi connectivity index (χ2v) is 6.75. The fourth-order valence-electron chi connectivity index (χ4n) is 3.25. The Labute approximate surface area is 136 Å². The van der Waals surface area contributed by atoms with Crippen molar-refractivity contribution in [3.8, 4) is 0 Å². The van der Waals surface area contributed by atoms with Crippen molar-refractivity contribution in [3.05, 3.63) is 12.4 Å². The van der Waals surface area contributed by atoms with Crippen LogP contribution in [0.15, 0.2) is 12.4 Å². The molecule has 3 rings (SSSR count). The fourth-order valence-corrected chi connectivity index (χ4v) is 3.25. The predicted octanol–water partition coefficient (Wildman–Crippen LogP) is 2.01. The van der Waals surface area contributed by atoms with Crippen LogP contribution in [-0.2, 0) is 4.74 Å². The first kappa shape index (κ1) is 16.0. The quantitative estimate of drug-likeness (QED) is 0.887. The number of carbonyl (C=O) groups excluding carboxylic acids is 1. The molecule has 2 amide bonds. The molecule has 0 bridgehead atoms. The summed E-state index contributed by atoms with van der Waals surface area (Å²) in [6.07, 6.45) is 8.91. The molecule has 2 aliphatic rings. The molecule has 23 heavy (non-hydrogen) atoms. The number of rotatable bonds is 4. The molecular weight excluding hydrogens is 294 g/mol. The second kappa shape index (κ2) is 6.70. The minimum absolute atomic E-state index is 0.122. The SMILES string of the molecule is CN(C)c1ncc(NC(=O)NC[C@@H]2CCOC3(CCC3)C2)cn1. The van der Waals surface area contributed by atoms with E-state index in [9.17, 15) is 4.79 Å². The molecule has 1 aliphatic heterocycles. The van der Waals surface area contributed by atoms with Gasteiger partial charge in [-0.25, -0.2) is 14.8 Å². The van der Waals surface area contributed by atoms with Crippen molar-refractivity contribution < 1.29 is 9.53 Å². The lowest BCUT2D eigenvalue weighted by Gasteiger charge is -2.47. The van der Waals surface area contributed by atoms with Crippen molar-refractivity contribution in [2.75, 3.05) is 37.5 Å². The summed E-state index contributed by atoms with van der Waals surface area (Å²) in [7, 11) is 3.75. The summed E-state index contributed by atoms with van der Waals surface area (Å²) in [5.41, 5.74) is 0.715. The molecule has 1 aromatic heterocycles. The van der Waals surface area contributed by atoms with Gasteiger partial charge < -0.3 is 20.3 Å². The van der Waals surface area contributed by atoms with Gasteiger partial charge in [-0.2, -0.15) is 0 Å². The van der Waals surface area contributed by atoms with Crippen molar-refractivity contribution >= 4 is 17.7 Å². The van der Waals surface area contributed by atoms with E-state index in [0.717, 1.165) is 19.4 Å². The lowest BCUT2D eigenvalue weighted by molar-refractivity contribution is -0.142. The van der Waals surface area contributed by atoms with Gasteiger partial charge >= 0.3 is 6.03 Å². The summed E-state index contributed by atoms with van der Waals surface area (Å²) in [5, 5.41) is 5.72. The Morgan fingerprint density at radius 1 is 1.39 bits per heavy atom. The second-order valence-electron chi connectivity index (χ2n) is 6.75. The molecule has 1 saturated carbocycles. The molecular formula is C16H25N5O2. The van der Waals surface area contributed by atoms with Crippen LogP contribution in [-0.4, -0.2) is 48.8 Å². The maximum absolute atomic E-state index is 12.0. The number of hydrogen-bond donors (Lipinski definition) is 2. The van der Waals surface area contributed by atoms with Gasteiger partial charge in [-0.3, -0.25) is 0 Å². The Hall–Kier alpha value is -1.89. The van der Waals surface area contributed by atoms with E-state index in [4.69, 9.17) is 4.74 Å².